The summed E-state index contributed by atoms with van der Waals surface area (Å²) in [4.78, 5) is 0. The van der Waals surface area contributed by atoms with E-state index in [1.165, 1.54) is 5.56 Å². The number of hydrogen-bond acceptors (Lipinski definition) is 3. The van der Waals surface area contributed by atoms with Gasteiger partial charge in [0.05, 0.1) is 13.2 Å². The van der Waals surface area contributed by atoms with E-state index in [-0.39, 0.29) is 12.5 Å². The van der Waals surface area contributed by atoms with Crippen molar-refractivity contribution < 1.29 is 14.6 Å². The highest BCUT2D eigenvalue weighted by atomic mass is 79.9. The lowest BCUT2D eigenvalue weighted by molar-refractivity contribution is 0.0673. The number of hydrogen-bond donors (Lipinski definition) is 1. The molecule has 0 aliphatic rings. The maximum atomic E-state index is 9.42. The molecule has 1 unspecified atom stereocenters. The highest BCUT2D eigenvalue weighted by Crippen LogP contribution is 2.22. The smallest absolute Gasteiger partial charge is 0.0700 e. The third kappa shape index (κ3) is 5.96. The molecule has 0 aliphatic heterocycles. The van der Waals surface area contributed by atoms with E-state index in [1.807, 2.05) is 12.1 Å². The number of rotatable bonds is 9. The van der Waals surface area contributed by atoms with Crippen LogP contribution in [0.2, 0.25) is 0 Å². The molecule has 0 aliphatic carbocycles. The first-order valence-electron chi connectivity index (χ1n) is 6.21. The topological polar surface area (TPSA) is 38.7 Å². The molecule has 0 saturated heterocycles. The third-order valence-electron chi connectivity index (χ3n) is 2.83. The van der Waals surface area contributed by atoms with E-state index in [0.717, 1.165) is 23.9 Å². The first-order chi connectivity index (χ1) is 8.77. The number of aliphatic hydroxyl groups is 1. The van der Waals surface area contributed by atoms with E-state index in [4.69, 9.17) is 9.47 Å². The summed E-state index contributed by atoms with van der Waals surface area (Å²) in [7, 11) is 1.67. The molecule has 0 radical (unpaired) electrons. The predicted octanol–water partition coefficient (Wildman–Crippen LogP) is 2.97. The summed E-state index contributed by atoms with van der Waals surface area (Å²) in [5, 5.41) is 9.42. The molecule has 1 aromatic carbocycles. The van der Waals surface area contributed by atoms with Crippen LogP contribution in [0.15, 0.2) is 28.7 Å². The minimum absolute atomic E-state index is 0.180. The molecule has 0 amide bonds. The van der Waals surface area contributed by atoms with Gasteiger partial charge in [-0.3, -0.25) is 0 Å². The van der Waals surface area contributed by atoms with Crippen molar-refractivity contribution in [2.75, 3.05) is 33.5 Å². The van der Waals surface area contributed by atoms with Crippen LogP contribution in [-0.2, 0) is 9.47 Å². The maximum Gasteiger partial charge on any atom is 0.0700 e. The first-order valence-corrected chi connectivity index (χ1v) is 7.00. The standard InChI is InChI=1S/C14H21BrO3/c1-17-9-10-18-8-2-3-13(11-16)12-4-6-14(15)7-5-12/h4-7,13,16H,2-3,8-11H2,1H3. The van der Waals surface area contributed by atoms with Gasteiger partial charge in [0.25, 0.3) is 0 Å². The normalized spacial score (nSPS) is 12.6. The summed E-state index contributed by atoms with van der Waals surface area (Å²) in [6.07, 6.45) is 1.89. The fourth-order valence-corrected chi connectivity index (χ4v) is 2.04. The SMILES string of the molecule is COCCOCCCC(CO)c1ccc(Br)cc1. The van der Waals surface area contributed by atoms with Crippen LogP contribution >= 0.6 is 15.9 Å². The van der Waals surface area contributed by atoms with Crippen LogP contribution in [0, 0.1) is 0 Å². The lowest BCUT2D eigenvalue weighted by atomic mass is 9.95. The Morgan fingerprint density at radius 3 is 2.50 bits per heavy atom. The second-order valence-electron chi connectivity index (χ2n) is 4.18. The Bertz CT molecular complexity index is 313. The molecule has 1 atom stereocenters. The molecule has 0 fully saturated rings. The molecule has 0 heterocycles. The van der Waals surface area contributed by atoms with Gasteiger partial charge in [0, 0.05) is 30.7 Å². The van der Waals surface area contributed by atoms with Gasteiger partial charge in [-0.1, -0.05) is 28.1 Å². The van der Waals surface area contributed by atoms with E-state index in [0.29, 0.717) is 13.2 Å². The van der Waals surface area contributed by atoms with Crippen LogP contribution in [-0.4, -0.2) is 38.6 Å². The molecular formula is C14H21BrO3. The summed E-state index contributed by atoms with van der Waals surface area (Å²) in [6, 6.07) is 8.12. The lowest BCUT2D eigenvalue weighted by Gasteiger charge is -2.14. The Kier molecular flexibility index (Phi) is 8.25. The molecule has 0 bridgehead atoms. The minimum Gasteiger partial charge on any atom is -0.396 e. The largest absolute Gasteiger partial charge is 0.396 e. The summed E-state index contributed by atoms with van der Waals surface area (Å²) in [5.41, 5.74) is 1.18. The van der Waals surface area contributed by atoms with Crippen LogP contribution < -0.4 is 0 Å². The van der Waals surface area contributed by atoms with Gasteiger partial charge in [-0.15, -0.1) is 0 Å². The molecular weight excluding hydrogens is 296 g/mol. The first kappa shape index (κ1) is 15.6. The molecule has 0 saturated carbocycles. The van der Waals surface area contributed by atoms with E-state index >= 15 is 0 Å². The van der Waals surface area contributed by atoms with E-state index in [1.54, 1.807) is 7.11 Å². The van der Waals surface area contributed by atoms with Crippen molar-refractivity contribution >= 4 is 15.9 Å². The van der Waals surface area contributed by atoms with Crippen molar-refractivity contribution in [1.82, 2.24) is 0 Å². The fraction of sp³-hybridized carbons (Fsp3) is 0.571. The second-order valence-corrected chi connectivity index (χ2v) is 5.09. The summed E-state index contributed by atoms with van der Waals surface area (Å²) < 4.78 is 11.4. The van der Waals surface area contributed by atoms with Crippen molar-refractivity contribution in [2.45, 2.75) is 18.8 Å². The van der Waals surface area contributed by atoms with Crippen LogP contribution in [0.25, 0.3) is 0 Å². The van der Waals surface area contributed by atoms with Crippen LogP contribution in [0.4, 0.5) is 0 Å². The van der Waals surface area contributed by atoms with Crippen molar-refractivity contribution in [3.05, 3.63) is 34.3 Å². The van der Waals surface area contributed by atoms with Gasteiger partial charge in [0.1, 0.15) is 0 Å². The summed E-state index contributed by atoms with van der Waals surface area (Å²) in [6.45, 7) is 2.17. The van der Waals surface area contributed by atoms with Crippen molar-refractivity contribution in [3.8, 4) is 0 Å². The monoisotopic (exact) mass is 316 g/mol. The summed E-state index contributed by atoms with van der Waals surface area (Å²) in [5.74, 6) is 0.198. The van der Waals surface area contributed by atoms with Crippen molar-refractivity contribution in [1.29, 1.82) is 0 Å². The molecule has 18 heavy (non-hydrogen) atoms. The highest BCUT2D eigenvalue weighted by Gasteiger charge is 2.09. The van der Waals surface area contributed by atoms with E-state index in [9.17, 15) is 5.11 Å². The second kappa shape index (κ2) is 9.50. The quantitative estimate of drug-likeness (QED) is 0.712. The van der Waals surface area contributed by atoms with Gasteiger partial charge in [-0.25, -0.2) is 0 Å². The van der Waals surface area contributed by atoms with Gasteiger partial charge in [-0.05, 0) is 30.5 Å². The summed E-state index contributed by atoms with van der Waals surface area (Å²) >= 11 is 3.41. The van der Waals surface area contributed by atoms with Gasteiger partial charge in [-0.2, -0.15) is 0 Å². The number of benzene rings is 1. The van der Waals surface area contributed by atoms with E-state index in [2.05, 4.69) is 28.1 Å². The zero-order valence-corrected chi connectivity index (χ0v) is 12.4. The molecule has 1 N–H and O–H groups in total. The average molecular weight is 317 g/mol. The number of methoxy groups -OCH3 is 1. The molecule has 0 aromatic heterocycles. The molecule has 102 valence electrons. The van der Waals surface area contributed by atoms with Crippen LogP contribution in [0.3, 0.4) is 0 Å². The molecule has 1 aromatic rings. The van der Waals surface area contributed by atoms with Gasteiger partial charge < -0.3 is 14.6 Å². The van der Waals surface area contributed by atoms with Crippen LogP contribution in [0.1, 0.15) is 24.3 Å². The van der Waals surface area contributed by atoms with Crippen molar-refractivity contribution in [3.63, 3.8) is 0 Å². The Balaban J connectivity index is 2.27. The van der Waals surface area contributed by atoms with Gasteiger partial charge in [0.15, 0.2) is 0 Å². The average Bonchev–Trinajstić information content (AvgIpc) is 2.39. The maximum absolute atomic E-state index is 9.42. The van der Waals surface area contributed by atoms with E-state index < -0.39 is 0 Å². The number of halogens is 1. The zero-order chi connectivity index (χ0) is 13.2. The molecule has 3 nitrogen and oxygen atoms in total. The predicted molar refractivity (Wildman–Crippen MR) is 75.9 cm³/mol. The Morgan fingerprint density at radius 1 is 1.17 bits per heavy atom. The van der Waals surface area contributed by atoms with Crippen LogP contribution in [0.5, 0.6) is 0 Å². The van der Waals surface area contributed by atoms with Crippen molar-refractivity contribution in [2.24, 2.45) is 0 Å². The fourth-order valence-electron chi connectivity index (χ4n) is 1.77. The highest BCUT2D eigenvalue weighted by molar-refractivity contribution is 9.10. The molecule has 4 heteroatoms. The lowest BCUT2D eigenvalue weighted by Crippen LogP contribution is -2.07. The van der Waals surface area contributed by atoms with Gasteiger partial charge >= 0.3 is 0 Å². The number of aliphatic hydroxyl groups excluding tert-OH is 1. The molecule has 0 spiro atoms. The number of ether oxygens (including phenoxy) is 2. The zero-order valence-electron chi connectivity index (χ0n) is 10.8. The Labute approximate surface area is 117 Å². The Morgan fingerprint density at radius 2 is 1.89 bits per heavy atom. The third-order valence-corrected chi connectivity index (χ3v) is 3.36. The minimum atomic E-state index is 0.180. The Hall–Kier alpha value is -0.420. The molecule has 1 rings (SSSR count). The van der Waals surface area contributed by atoms with Gasteiger partial charge in [0.2, 0.25) is 0 Å².